The first-order valence-electron chi connectivity index (χ1n) is 18.4. The highest BCUT2D eigenvalue weighted by Crippen LogP contribution is 2.31. The number of unbranched alkanes of at least 4 members (excludes halogenated alkanes) is 6. The maximum Gasteiger partial charge on any atom is 0.514 e. The molecule has 0 bridgehead atoms. The molecule has 6 nitrogen and oxygen atoms in total. The molecule has 0 radical (unpaired) electrons. The summed E-state index contributed by atoms with van der Waals surface area (Å²) in [4.78, 5) is 26.0. The van der Waals surface area contributed by atoms with Crippen molar-refractivity contribution in [1.82, 2.24) is 0 Å². The van der Waals surface area contributed by atoms with Gasteiger partial charge in [-0.1, -0.05) is 100 Å². The van der Waals surface area contributed by atoms with Gasteiger partial charge in [-0.2, -0.15) is 0 Å². The summed E-state index contributed by atoms with van der Waals surface area (Å²) in [6.45, 7) is 15.1. The van der Waals surface area contributed by atoms with Crippen molar-refractivity contribution < 1.29 is 28.5 Å². The molecular weight excluding hydrogens is 648 g/mol. The highest BCUT2D eigenvalue weighted by Gasteiger charge is 2.23. The number of ether oxygens (including phenoxy) is 4. The van der Waals surface area contributed by atoms with Gasteiger partial charge in [0.05, 0.1) is 11.1 Å². The molecule has 0 amide bonds. The summed E-state index contributed by atoms with van der Waals surface area (Å²) < 4.78 is 22.9. The Hall–Kier alpha value is -5.12. The summed E-state index contributed by atoms with van der Waals surface area (Å²) in [5.74, 6) is 16.4. The lowest BCUT2D eigenvalue weighted by Crippen LogP contribution is -2.26. The van der Waals surface area contributed by atoms with Crippen molar-refractivity contribution in [1.29, 1.82) is 0 Å². The van der Waals surface area contributed by atoms with Gasteiger partial charge < -0.3 is 18.9 Å². The quantitative estimate of drug-likeness (QED) is 0.0810. The molecule has 52 heavy (non-hydrogen) atoms. The van der Waals surface area contributed by atoms with E-state index in [1.165, 1.54) is 0 Å². The number of terminal acetylenes is 1. The molecule has 0 fully saturated rings. The van der Waals surface area contributed by atoms with Crippen LogP contribution in [0.3, 0.4) is 0 Å². The summed E-state index contributed by atoms with van der Waals surface area (Å²) >= 11 is 0. The Labute approximate surface area is 312 Å². The molecule has 0 saturated carbocycles. The van der Waals surface area contributed by atoms with Gasteiger partial charge in [0.1, 0.15) is 11.2 Å². The topological polar surface area (TPSA) is 71.1 Å². The van der Waals surface area contributed by atoms with Gasteiger partial charge in [0.15, 0.2) is 11.5 Å². The van der Waals surface area contributed by atoms with E-state index in [2.05, 4.69) is 43.4 Å². The normalized spacial score (nSPS) is 10.9. The van der Waals surface area contributed by atoms with E-state index in [9.17, 15) is 9.59 Å². The first kappa shape index (κ1) is 41.3. The van der Waals surface area contributed by atoms with E-state index in [4.69, 9.17) is 25.4 Å². The van der Waals surface area contributed by atoms with Crippen LogP contribution in [0.5, 0.6) is 11.5 Å². The lowest BCUT2D eigenvalue weighted by molar-refractivity contribution is 0.0190. The van der Waals surface area contributed by atoms with E-state index < -0.39 is 23.5 Å². The smallest absolute Gasteiger partial charge is 0.428 e. The number of hydrogen-bond donors (Lipinski definition) is 0. The summed E-state index contributed by atoms with van der Waals surface area (Å²) in [5.41, 5.74) is 3.20. The molecule has 0 heterocycles. The van der Waals surface area contributed by atoms with Gasteiger partial charge >= 0.3 is 12.3 Å². The van der Waals surface area contributed by atoms with Gasteiger partial charge in [0.2, 0.25) is 0 Å². The van der Waals surface area contributed by atoms with Crippen molar-refractivity contribution in [3.63, 3.8) is 0 Å². The SMILES string of the molecule is C#Cc1cc(C#Cc2cc(C#Cc3ccccc3)c(OC(=O)OC(C)(C)C)c(CCCCCC)c2)c(OC(=O)OC(C)(C)C)c(CCCCCC)c1. The largest absolute Gasteiger partial charge is 0.514 e. The Bertz CT molecular complexity index is 1830. The number of carbonyl (C=O) groups is 2. The van der Waals surface area contributed by atoms with Crippen LogP contribution in [0.1, 0.15) is 146 Å². The average molecular weight is 703 g/mol. The maximum absolute atomic E-state index is 13.0. The van der Waals surface area contributed by atoms with Gasteiger partial charge in [-0.3, -0.25) is 0 Å². The Balaban J connectivity index is 2.22. The van der Waals surface area contributed by atoms with Gasteiger partial charge in [0, 0.05) is 16.7 Å². The molecule has 3 aromatic rings. The second-order valence-corrected chi connectivity index (χ2v) is 14.8. The third kappa shape index (κ3) is 14.6. The Kier molecular flexibility index (Phi) is 15.9. The predicted octanol–water partition coefficient (Wildman–Crippen LogP) is 11.3. The third-order valence-electron chi connectivity index (χ3n) is 7.70. The van der Waals surface area contributed by atoms with Crippen LogP contribution in [0.4, 0.5) is 9.59 Å². The first-order chi connectivity index (χ1) is 24.7. The van der Waals surface area contributed by atoms with Crippen LogP contribution in [-0.4, -0.2) is 23.5 Å². The van der Waals surface area contributed by atoms with Gasteiger partial charge in [-0.05, 0) is 115 Å². The molecule has 0 aliphatic rings. The fourth-order valence-corrected chi connectivity index (χ4v) is 5.32. The maximum atomic E-state index is 13.0. The minimum absolute atomic E-state index is 0.339. The van der Waals surface area contributed by atoms with Crippen molar-refractivity contribution >= 4 is 12.3 Å². The first-order valence-corrected chi connectivity index (χ1v) is 18.4. The summed E-state index contributed by atoms with van der Waals surface area (Å²) in [5, 5.41) is 0. The molecule has 0 spiro atoms. The zero-order valence-electron chi connectivity index (χ0n) is 32.3. The standard InChI is InChI=1S/C46H54O6/c1-10-13-15-20-24-37-30-34(12-3)31-39(41(37)49-43(47)51-45(4,5)6)29-27-36-32-38(25-21-16-14-11-2)42(50-44(48)52-46(7,8)9)40(33-36)28-26-35-22-18-17-19-23-35/h3,17-19,22-23,30-33H,10-11,13-16,20-21,24-25H2,1-2,4-9H3. The van der Waals surface area contributed by atoms with Crippen molar-refractivity contribution in [3.8, 4) is 47.5 Å². The highest BCUT2D eigenvalue weighted by molar-refractivity contribution is 5.70. The summed E-state index contributed by atoms with van der Waals surface area (Å²) in [7, 11) is 0. The number of benzene rings is 3. The monoisotopic (exact) mass is 702 g/mol. The Morgan fingerprint density at radius 1 is 0.577 bits per heavy atom. The molecule has 0 unspecified atom stereocenters. The van der Waals surface area contributed by atoms with Crippen molar-refractivity contribution in [2.75, 3.05) is 0 Å². The molecule has 3 aromatic carbocycles. The molecule has 0 aliphatic carbocycles. The zero-order chi connectivity index (χ0) is 38.1. The number of rotatable bonds is 12. The third-order valence-corrected chi connectivity index (χ3v) is 7.70. The van der Waals surface area contributed by atoms with Crippen LogP contribution >= 0.6 is 0 Å². The van der Waals surface area contributed by atoms with E-state index in [1.807, 2.05) is 48.5 Å². The minimum Gasteiger partial charge on any atom is -0.428 e. The number of hydrogen-bond acceptors (Lipinski definition) is 6. The lowest BCUT2D eigenvalue weighted by Gasteiger charge is -2.20. The summed E-state index contributed by atoms with van der Waals surface area (Å²) in [6, 6.07) is 17.0. The van der Waals surface area contributed by atoms with E-state index >= 15 is 0 Å². The van der Waals surface area contributed by atoms with Crippen LogP contribution in [-0.2, 0) is 22.3 Å². The molecular formula is C46H54O6. The number of carbonyl (C=O) groups excluding carboxylic acids is 2. The molecule has 6 heteroatoms. The van der Waals surface area contributed by atoms with Crippen LogP contribution in [0.25, 0.3) is 0 Å². The molecule has 3 rings (SSSR count). The van der Waals surface area contributed by atoms with Crippen LogP contribution in [0, 0.1) is 36.0 Å². The molecule has 0 aromatic heterocycles. The van der Waals surface area contributed by atoms with Crippen molar-refractivity contribution in [3.05, 3.63) is 93.5 Å². The molecule has 0 saturated heterocycles. The fraction of sp³-hybridized carbons (Fsp3) is 0.435. The van der Waals surface area contributed by atoms with E-state index in [0.29, 0.717) is 46.6 Å². The Morgan fingerprint density at radius 3 is 1.46 bits per heavy atom. The van der Waals surface area contributed by atoms with E-state index in [-0.39, 0.29) is 0 Å². The Morgan fingerprint density at radius 2 is 1.02 bits per heavy atom. The summed E-state index contributed by atoms with van der Waals surface area (Å²) in [6.07, 6.45) is 13.8. The van der Waals surface area contributed by atoms with E-state index in [1.54, 1.807) is 47.6 Å². The van der Waals surface area contributed by atoms with Crippen molar-refractivity contribution in [2.45, 2.75) is 131 Å². The predicted molar refractivity (Wildman–Crippen MR) is 209 cm³/mol. The second kappa shape index (κ2) is 20.1. The molecule has 274 valence electrons. The van der Waals surface area contributed by atoms with Crippen LogP contribution in [0.2, 0.25) is 0 Å². The second-order valence-electron chi connectivity index (χ2n) is 14.8. The average Bonchev–Trinajstić information content (AvgIpc) is 3.07. The fourth-order valence-electron chi connectivity index (χ4n) is 5.32. The molecule has 0 aliphatic heterocycles. The lowest BCUT2D eigenvalue weighted by atomic mass is 9.97. The molecule has 0 atom stereocenters. The minimum atomic E-state index is -0.810. The van der Waals surface area contributed by atoms with Gasteiger partial charge in [-0.15, -0.1) is 6.42 Å². The van der Waals surface area contributed by atoms with Crippen molar-refractivity contribution in [2.24, 2.45) is 0 Å². The van der Waals surface area contributed by atoms with Gasteiger partial charge in [-0.25, -0.2) is 9.59 Å². The highest BCUT2D eigenvalue weighted by atomic mass is 16.7. The van der Waals surface area contributed by atoms with Crippen LogP contribution in [0.15, 0.2) is 54.6 Å². The number of aryl methyl sites for hydroxylation is 2. The van der Waals surface area contributed by atoms with Crippen LogP contribution < -0.4 is 9.47 Å². The molecule has 0 N–H and O–H groups in total. The van der Waals surface area contributed by atoms with E-state index in [0.717, 1.165) is 68.1 Å². The zero-order valence-corrected chi connectivity index (χ0v) is 32.3. The van der Waals surface area contributed by atoms with Gasteiger partial charge in [0.25, 0.3) is 0 Å².